The van der Waals surface area contributed by atoms with Gasteiger partial charge in [-0.15, -0.1) is 0 Å². The minimum absolute atomic E-state index is 1.41. The van der Waals surface area contributed by atoms with E-state index in [9.17, 15) is 26.3 Å². The van der Waals surface area contributed by atoms with Crippen molar-refractivity contribution >= 4 is 0 Å². The van der Waals surface area contributed by atoms with Crippen LogP contribution >= 0.6 is 0 Å². The average molecular weight is 208 g/mol. The highest BCUT2D eigenvalue weighted by Crippen LogP contribution is 2.52. The van der Waals surface area contributed by atoms with Crippen molar-refractivity contribution in [2.75, 3.05) is 0 Å². The Bertz CT molecular complexity index is 246. The van der Waals surface area contributed by atoms with Crippen LogP contribution in [0.1, 0.15) is 0 Å². The first kappa shape index (κ1) is 10.0. The summed E-state index contributed by atoms with van der Waals surface area (Å²) in [5, 5.41) is 0. The van der Waals surface area contributed by atoms with Gasteiger partial charge in [0.25, 0.3) is 5.95 Å². The molecule has 76 valence electrons. The predicted molar refractivity (Wildman–Crippen MR) is 26.2 cm³/mol. The van der Waals surface area contributed by atoms with Crippen molar-refractivity contribution < 1.29 is 35.8 Å². The number of alkyl halides is 6. The molecule has 2 nitrogen and oxygen atoms in total. The maximum Gasteiger partial charge on any atom is 0.483 e. The topological polar surface area (TPSA) is 18.5 Å². The average Bonchev–Trinajstić information content (AvgIpc) is 2.00. The van der Waals surface area contributed by atoms with Crippen molar-refractivity contribution in [1.82, 2.24) is 0 Å². The first-order valence-corrected chi connectivity index (χ1v) is 2.80. The highest BCUT2D eigenvalue weighted by molar-refractivity contribution is 4.97. The van der Waals surface area contributed by atoms with Crippen LogP contribution in [-0.4, -0.2) is 18.1 Å². The number of hydrogen-bond acceptors (Lipinski definition) is 2. The van der Waals surface area contributed by atoms with Gasteiger partial charge >= 0.3 is 18.1 Å². The summed E-state index contributed by atoms with van der Waals surface area (Å²) in [7, 11) is 0. The molecule has 1 unspecified atom stereocenters. The summed E-state index contributed by atoms with van der Waals surface area (Å²) >= 11 is 0. The Kier molecular flexibility index (Phi) is 1.72. The van der Waals surface area contributed by atoms with Gasteiger partial charge < -0.3 is 9.47 Å². The Labute approximate surface area is 67.7 Å². The monoisotopic (exact) mass is 208 g/mol. The zero-order valence-corrected chi connectivity index (χ0v) is 5.79. The summed E-state index contributed by atoms with van der Waals surface area (Å²) in [5.74, 6) is -6.57. The van der Waals surface area contributed by atoms with E-state index in [4.69, 9.17) is 0 Å². The second-order valence-corrected chi connectivity index (χ2v) is 2.19. The largest absolute Gasteiger partial charge is 0.483 e. The van der Waals surface area contributed by atoms with Gasteiger partial charge in [-0.05, 0) is 6.58 Å². The van der Waals surface area contributed by atoms with Crippen molar-refractivity contribution in [2.24, 2.45) is 0 Å². The molecule has 0 spiro atoms. The van der Waals surface area contributed by atoms with Crippen molar-refractivity contribution in [3.05, 3.63) is 12.5 Å². The minimum atomic E-state index is -5.89. The van der Waals surface area contributed by atoms with Gasteiger partial charge in [-0.3, -0.25) is 0 Å². The fourth-order valence-corrected chi connectivity index (χ4v) is 0.669. The van der Waals surface area contributed by atoms with Crippen LogP contribution in [0.25, 0.3) is 0 Å². The molecular formula is C5H2F6O2. The molecule has 0 amide bonds. The molecule has 1 atom stereocenters. The molecule has 8 heteroatoms. The normalized spacial score (nSPS) is 32.6. The molecule has 0 aromatic rings. The zero-order chi connectivity index (χ0) is 10.5. The highest BCUT2D eigenvalue weighted by atomic mass is 19.4. The first-order valence-electron chi connectivity index (χ1n) is 2.80. The summed E-state index contributed by atoms with van der Waals surface area (Å²) in [6.07, 6.45) is -11.0. The van der Waals surface area contributed by atoms with Gasteiger partial charge in [-0.25, -0.2) is 0 Å². The van der Waals surface area contributed by atoms with E-state index in [1.165, 1.54) is 0 Å². The lowest BCUT2D eigenvalue weighted by Gasteiger charge is -2.23. The molecule has 1 heterocycles. The Morgan fingerprint density at radius 1 is 1.08 bits per heavy atom. The third-order valence-electron chi connectivity index (χ3n) is 1.24. The van der Waals surface area contributed by atoms with Crippen LogP contribution in [0.2, 0.25) is 0 Å². The van der Waals surface area contributed by atoms with Gasteiger partial charge in [0.15, 0.2) is 0 Å². The third kappa shape index (κ3) is 1.20. The van der Waals surface area contributed by atoms with Crippen LogP contribution in [0.5, 0.6) is 0 Å². The van der Waals surface area contributed by atoms with Crippen LogP contribution in [0.15, 0.2) is 12.5 Å². The quantitative estimate of drug-likeness (QED) is 0.568. The van der Waals surface area contributed by atoms with Crippen LogP contribution in [0.3, 0.4) is 0 Å². The summed E-state index contributed by atoms with van der Waals surface area (Å²) < 4.78 is 78.5. The fraction of sp³-hybridized carbons (Fsp3) is 0.600. The van der Waals surface area contributed by atoms with Gasteiger partial charge in [0.05, 0.1) is 0 Å². The molecule has 0 saturated carbocycles. The van der Waals surface area contributed by atoms with Crippen LogP contribution < -0.4 is 0 Å². The third-order valence-corrected chi connectivity index (χ3v) is 1.24. The summed E-state index contributed by atoms with van der Waals surface area (Å²) in [6, 6.07) is 0. The maximum atomic E-state index is 12.6. The van der Waals surface area contributed by atoms with E-state index in [-0.39, 0.29) is 0 Å². The standard InChI is InChI=1S/C5H2F6O2/c1-2-12-3(6,4(7,8)9)5(10,11)13-2/h1H2. The molecule has 1 fully saturated rings. The van der Waals surface area contributed by atoms with Gasteiger partial charge in [-0.2, -0.15) is 26.3 Å². The molecule has 0 aromatic carbocycles. The van der Waals surface area contributed by atoms with Crippen molar-refractivity contribution in [2.45, 2.75) is 18.1 Å². The Morgan fingerprint density at radius 2 is 1.54 bits per heavy atom. The zero-order valence-electron chi connectivity index (χ0n) is 5.79. The summed E-state index contributed by atoms with van der Waals surface area (Å²) in [6.45, 7) is 2.49. The van der Waals surface area contributed by atoms with Crippen LogP contribution in [0.4, 0.5) is 26.3 Å². The molecule has 0 radical (unpaired) electrons. The lowest BCUT2D eigenvalue weighted by Crippen LogP contribution is -2.53. The minimum Gasteiger partial charge on any atom is -0.412 e. The number of rotatable bonds is 0. The van der Waals surface area contributed by atoms with E-state index >= 15 is 0 Å². The Hall–Kier alpha value is -1.08. The molecule has 0 aliphatic carbocycles. The SMILES string of the molecule is C=C1OC(F)(F)C(F)(C(F)(F)F)O1. The molecule has 1 rings (SSSR count). The van der Waals surface area contributed by atoms with Gasteiger partial charge in [0.1, 0.15) is 0 Å². The molecule has 13 heavy (non-hydrogen) atoms. The number of halogens is 6. The fourth-order valence-electron chi connectivity index (χ4n) is 0.669. The van der Waals surface area contributed by atoms with E-state index in [2.05, 4.69) is 16.1 Å². The lowest BCUT2D eigenvalue weighted by molar-refractivity contribution is -0.393. The van der Waals surface area contributed by atoms with E-state index < -0.39 is 24.1 Å². The second-order valence-electron chi connectivity index (χ2n) is 2.19. The van der Waals surface area contributed by atoms with Gasteiger partial charge in [-0.1, -0.05) is 0 Å². The lowest BCUT2D eigenvalue weighted by atomic mass is 10.3. The molecule has 0 bridgehead atoms. The van der Waals surface area contributed by atoms with Gasteiger partial charge in [0, 0.05) is 0 Å². The maximum absolute atomic E-state index is 12.6. The molecule has 1 aliphatic heterocycles. The van der Waals surface area contributed by atoms with Crippen LogP contribution in [-0.2, 0) is 9.47 Å². The highest BCUT2D eigenvalue weighted by Gasteiger charge is 2.80. The van der Waals surface area contributed by atoms with Crippen molar-refractivity contribution in [3.63, 3.8) is 0 Å². The molecule has 0 aromatic heterocycles. The number of ether oxygens (including phenoxy) is 2. The van der Waals surface area contributed by atoms with Crippen LogP contribution in [0, 0.1) is 0 Å². The van der Waals surface area contributed by atoms with E-state index in [1.54, 1.807) is 0 Å². The van der Waals surface area contributed by atoms with Crippen molar-refractivity contribution in [1.29, 1.82) is 0 Å². The Morgan fingerprint density at radius 3 is 1.69 bits per heavy atom. The molecular weight excluding hydrogens is 206 g/mol. The molecule has 1 aliphatic rings. The smallest absolute Gasteiger partial charge is 0.412 e. The summed E-state index contributed by atoms with van der Waals surface area (Å²) in [4.78, 5) is 0. The molecule has 0 N–H and O–H groups in total. The summed E-state index contributed by atoms with van der Waals surface area (Å²) in [5.41, 5.74) is 0. The Balaban J connectivity index is 3.10. The van der Waals surface area contributed by atoms with Gasteiger partial charge in [0.2, 0.25) is 0 Å². The number of hydrogen-bond donors (Lipinski definition) is 0. The van der Waals surface area contributed by atoms with E-state index in [0.717, 1.165) is 0 Å². The second kappa shape index (κ2) is 2.24. The van der Waals surface area contributed by atoms with E-state index in [0.29, 0.717) is 0 Å². The molecule has 1 saturated heterocycles. The predicted octanol–water partition coefficient (Wildman–Crippen LogP) is 2.33. The first-order chi connectivity index (χ1) is 5.60. The van der Waals surface area contributed by atoms with E-state index in [1.807, 2.05) is 0 Å². The van der Waals surface area contributed by atoms with Crippen molar-refractivity contribution in [3.8, 4) is 0 Å².